The lowest BCUT2D eigenvalue weighted by Gasteiger charge is -2.32. The molecular weight excluding hydrogens is 390 g/mol. The molecule has 0 bridgehead atoms. The highest BCUT2D eigenvalue weighted by Crippen LogP contribution is 2.56. The van der Waals surface area contributed by atoms with Crippen molar-refractivity contribution in [3.05, 3.63) is 35.4 Å². The standard InChI is InChI=1S/C21H29N3O4S/c1-12(2)15(17(25)22-10-11-28-5)23-18(26)16-21(3,4)29-20-14-9-7-6-8-13(14)19(27)24(16)20/h6-9,12,15-16,20H,10-11H2,1-5H3,(H,22,25)(H,23,26)/t15-,16+,20+/m0/s1. The summed E-state index contributed by atoms with van der Waals surface area (Å²) in [6.07, 6.45) is 0. The first-order chi connectivity index (χ1) is 13.7. The minimum absolute atomic E-state index is 0.0964. The summed E-state index contributed by atoms with van der Waals surface area (Å²) in [4.78, 5) is 40.6. The average Bonchev–Trinajstić information content (AvgIpc) is 3.09. The van der Waals surface area contributed by atoms with Crippen LogP contribution < -0.4 is 10.6 Å². The lowest BCUT2D eigenvalue weighted by Crippen LogP contribution is -2.58. The summed E-state index contributed by atoms with van der Waals surface area (Å²) >= 11 is 1.61. The summed E-state index contributed by atoms with van der Waals surface area (Å²) < 4.78 is 4.48. The number of nitrogens with zero attached hydrogens (tertiary/aromatic N) is 1. The summed E-state index contributed by atoms with van der Waals surface area (Å²) in [6.45, 7) is 8.49. The Labute approximate surface area is 175 Å². The van der Waals surface area contributed by atoms with Gasteiger partial charge in [-0.3, -0.25) is 14.4 Å². The van der Waals surface area contributed by atoms with E-state index in [9.17, 15) is 14.4 Å². The molecule has 0 spiro atoms. The van der Waals surface area contributed by atoms with E-state index in [0.29, 0.717) is 18.7 Å². The monoisotopic (exact) mass is 419 g/mol. The minimum atomic E-state index is -0.681. The quantitative estimate of drug-likeness (QED) is 0.660. The molecule has 2 heterocycles. The van der Waals surface area contributed by atoms with Crippen LogP contribution in [0.2, 0.25) is 0 Å². The molecule has 3 atom stereocenters. The van der Waals surface area contributed by atoms with Gasteiger partial charge in [-0.2, -0.15) is 0 Å². The van der Waals surface area contributed by atoms with Crippen molar-refractivity contribution in [2.45, 2.75) is 49.9 Å². The van der Waals surface area contributed by atoms with Crippen molar-refractivity contribution >= 4 is 29.5 Å². The predicted molar refractivity (Wildman–Crippen MR) is 112 cm³/mol. The van der Waals surface area contributed by atoms with Crippen LogP contribution in [0.5, 0.6) is 0 Å². The maximum Gasteiger partial charge on any atom is 0.256 e. The van der Waals surface area contributed by atoms with Gasteiger partial charge in [-0.15, -0.1) is 11.8 Å². The number of ether oxygens (including phenoxy) is 1. The summed E-state index contributed by atoms with van der Waals surface area (Å²) in [5, 5.41) is 5.51. The van der Waals surface area contributed by atoms with E-state index in [-0.39, 0.29) is 29.0 Å². The molecule has 1 aromatic rings. The molecule has 29 heavy (non-hydrogen) atoms. The first kappa shape index (κ1) is 21.6. The highest BCUT2D eigenvalue weighted by molar-refractivity contribution is 8.01. The van der Waals surface area contributed by atoms with Crippen LogP contribution in [0, 0.1) is 5.92 Å². The molecule has 7 nitrogen and oxygen atoms in total. The second kappa shape index (κ2) is 8.36. The van der Waals surface area contributed by atoms with Crippen molar-refractivity contribution in [2.75, 3.05) is 20.3 Å². The Morgan fingerprint density at radius 1 is 1.28 bits per heavy atom. The topological polar surface area (TPSA) is 87.7 Å². The Hall–Kier alpha value is -2.06. The normalized spacial score (nSPS) is 23.0. The number of hydrogen-bond acceptors (Lipinski definition) is 5. The van der Waals surface area contributed by atoms with Gasteiger partial charge in [0.2, 0.25) is 11.8 Å². The van der Waals surface area contributed by atoms with Crippen LogP contribution >= 0.6 is 11.8 Å². The van der Waals surface area contributed by atoms with Gasteiger partial charge in [0.05, 0.1) is 6.61 Å². The van der Waals surface area contributed by atoms with Crippen LogP contribution in [0.25, 0.3) is 0 Å². The van der Waals surface area contributed by atoms with Crippen molar-refractivity contribution in [1.82, 2.24) is 15.5 Å². The predicted octanol–water partition coefficient (Wildman–Crippen LogP) is 1.94. The summed E-state index contributed by atoms with van der Waals surface area (Å²) in [6, 6.07) is 6.16. The van der Waals surface area contributed by atoms with Gasteiger partial charge in [0, 0.05) is 24.0 Å². The van der Waals surface area contributed by atoms with Crippen molar-refractivity contribution < 1.29 is 19.1 Å². The highest BCUT2D eigenvalue weighted by Gasteiger charge is 2.57. The Morgan fingerprint density at radius 3 is 2.62 bits per heavy atom. The van der Waals surface area contributed by atoms with Gasteiger partial charge in [0.15, 0.2) is 0 Å². The van der Waals surface area contributed by atoms with Crippen molar-refractivity contribution in [2.24, 2.45) is 5.92 Å². The van der Waals surface area contributed by atoms with Gasteiger partial charge in [-0.05, 0) is 31.4 Å². The molecule has 1 aromatic carbocycles. The van der Waals surface area contributed by atoms with Crippen LogP contribution in [-0.4, -0.2) is 59.7 Å². The van der Waals surface area contributed by atoms with E-state index in [0.717, 1.165) is 5.56 Å². The fourth-order valence-electron chi connectivity index (χ4n) is 3.96. The van der Waals surface area contributed by atoms with E-state index in [1.54, 1.807) is 29.8 Å². The zero-order valence-electron chi connectivity index (χ0n) is 17.5. The van der Waals surface area contributed by atoms with E-state index in [1.807, 2.05) is 45.9 Å². The largest absolute Gasteiger partial charge is 0.383 e. The minimum Gasteiger partial charge on any atom is -0.383 e. The molecule has 2 aliphatic heterocycles. The third kappa shape index (κ3) is 4.00. The number of hydrogen-bond donors (Lipinski definition) is 2. The van der Waals surface area contributed by atoms with Crippen LogP contribution in [0.3, 0.4) is 0 Å². The smallest absolute Gasteiger partial charge is 0.256 e. The molecule has 8 heteroatoms. The van der Waals surface area contributed by atoms with Gasteiger partial charge in [0.1, 0.15) is 17.5 Å². The molecule has 3 amide bonds. The molecule has 158 valence electrons. The number of methoxy groups -OCH3 is 1. The number of benzene rings is 1. The van der Waals surface area contributed by atoms with E-state index < -0.39 is 16.8 Å². The van der Waals surface area contributed by atoms with Crippen LogP contribution in [0.4, 0.5) is 0 Å². The molecule has 1 saturated heterocycles. The molecule has 0 unspecified atom stereocenters. The maximum atomic E-state index is 13.3. The number of nitrogens with one attached hydrogen (secondary N) is 2. The maximum absolute atomic E-state index is 13.3. The molecule has 2 aliphatic rings. The van der Waals surface area contributed by atoms with E-state index in [4.69, 9.17) is 4.74 Å². The number of thioether (sulfide) groups is 1. The van der Waals surface area contributed by atoms with Gasteiger partial charge < -0.3 is 20.3 Å². The van der Waals surface area contributed by atoms with E-state index in [2.05, 4.69) is 10.6 Å². The molecular formula is C21H29N3O4S. The fourth-order valence-corrected chi connectivity index (χ4v) is 5.55. The third-order valence-electron chi connectivity index (χ3n) is 5.40. The van der Waals surface area contributed by atoms with E-state index in [1.165, 1.54) is 0 Å². The lowest BCUT2D eigenvalue weighted by atomic mass is 9.98. The summed E-state index contributed by atoms with van der Waals surface area (Å²) in [7, 11) is 1.56. The number of carbonyl (C=O) groups excluding carboxylic acids is 3. The highest BCUT2D eigenvalue weighted by atomic mass is 32.2. The third-order valence-corrected chi connectivity index (χ3v) is 6.93. The summed E-state index contributed by atoms with van der Waals surface area (Å²) in [5.74, 6) is -0.774. The number of rotatable bonds is 7. The lowest BCUT2D eigenvalue weighted by molar-refractivity contribution is -0.132. The zero-order valence-corrected chi connectivity index (χ0v) is 18.3. The molecule has 0 radical (unpaired) electrons. The van der Waals surface area contributed by atoms with Crippen molar-refractivity contribution in [1.29, 1.82) is 0 Å². The molecule has 1 fully saturated rings. The first-order valence-electron chi connectivity index (χ1n) is 9.85. The van der Waals surface area contributed by atoms with Crippen molar-refractivity contribution in [3.63, 3.8) is 0 Å². The fraction of sp³-hybridized carbons (Fsp3) is 0.571. The zero-order chi connectivity index (χ0) is 21.3. The van der Waals surface area contributed by atoms with E-state index >= 15 is 0 Å². The SMILES string of the molecule is COCCNC(=O)[C@@H](NC(=O)[C@H]1N2C(=O)c3ccccc3[C@H]2SC1(C)C)C(C)C. The summed E-state index contributed by atoms with van der Waals surface area (Å²) in [5.41, 5.74) is 1.60. The number of amides is 3. The van der Waals surface area contributed by atoms with Gasteiger partial charge >= 0.3 is 0 Å². The number of fused-ring (bicyclic) bond motifs is 3. The van der Waals surface area contributed by atoms with Crippen LogP contribution in [-0.2, 0) is 14.3 Å². The van der Waals surface area contributed by atoms with Gasteiger partial charge in [-0.1, -0.05) is 32.0 Å². The van der Waals surface area contributed by atoms with Gasteiger partial charge in [0.25, 0.3) is 5.91 Å². The number of carbonyl (C=O) groups is 3. The van der Waals surface area contributed by atoms with Gasteiger partial charge in [-0.25, -0.2) is 0 Å². The second-order valence-electron chi connectivity index (χ2n) is 8.29. The molecule has 3 rings (SSSR count). The van der Waals surface area contributed by atoms with Crippen LogP contribution in [0.15, 0.2) is 24.3 Å². The molecule has 0 aromatic heterocycles. The van der Waals surface area contributed by atoms with Crippen molar-refractivity contribution in [3.8, 4) is 0 Å². The molecule has 0 saturated carbocycles. The Bertz CT molecular complexity index is 811. The van der Waals surface area contributed by atoms with Crippen LogP contribution in [0.1, 0.15) is 49.0 Å². The Morgan fingerprint density at radius 2 is 1.97 bits per heavy atom. The first-order valence-corrected chi connectivity index (χ1v) is 10.7. The molecule has 0 aliphatic carbocycles. The Balaban J connectivity index is 1.80. The molecule has 2 N–H and O–H groups in total. The average molecular weight is 420 g/mol. The Kier molecular flexibility index (Phi) is 6.24. The second-order valence-corrected chi connectivity index (χ2v) is 10.0.